The third-order valence-corrected chi connectivity index (χ3v) is 5.23. The molecule has 5 nitrogen and oxygen atoms in total. The van der Waals surface area contributed by atoms with Gasteiger partial charge in [-0.05, 0) is 49.7 Å². The van der Waals surface area contributed by atoms with E-state index in [1.807, 2.05) is 31.2 Å². The number of urea groups is 1. The molecule has 0 radical (unpaired) electrons. The number of nitrogens with zero attached hydrogens (tertiary/aromatic N) is 1. The van der Waals surface area contributed by atoms with Gasteiger partial charge < -0.3 is 10.1 Å². The molecular weight excluding hydrogens is 316 g/mol. The molecule has 1 heterocycles. The Morgan fingerprint density at radius 3 is 2.52 bits per heavy atom. The van der Waals surface area contributed by atoms with Gasteiger partial charge in [-0.15, -0.1) is 0 Å². The van der Waals surface area contributed by atoms with Gasteiger partial charge in [0.2, 0.25) is 0 Å². The van der Waals surface area contributed by atoms with Crippen LogP contribution in [-0.2, 0) is 4.79 Å². The minimum atomic E-state index is -0.734. The summed E-state index contributed by atoms with van der Waals surface area (Å²) in [6.07, 6.45) is 2.50. The fraction of sp³-hybridized carbons (Fsp3) is 0.600. The van der Waals surface area contributed by atoms with Crippen LogP contribution in [0.5, 0.6) is 5.75 Å². The number of benzene rings is 1. The fourth-order valence-electron chi connectivity index (χ4n) is 4.60. The normalized spacial score (nSPS) is 28.3. The van der Waals surface area contributed by atoms with Crippen molar-refractivity contribution in [2.45, 2.75) is 52.5 Å². The zero-order valence-corrected chi connectivity index (χ0v) is 15.6. The SMILES string of the molecule is Cc1ccc(OCCN2C(=O)NC3(CC(C)CC(C)(C)C3)C2=O)cc1. The summed E-state index contributed by atoms with van der Waals surface area (Å²) in [5, 5.41) is 2.99. The topological polar surface area (TPSA) is 58.6 Å². The Labute approximate surface area is 149 Å². The molecule has 1 spiro atoms. The number of ether oxygens (including phenoxy) is 1. The van der Waals surface area contributed by atoms with Gasteiger partial charge in [0.25, 0.3) is 5.91 Å². The summed E-state index contributed by atoms with van der Waals surface area (Å²) in [6, 6.07) is 7.46. The Balaban J connectivity index is 1.64. The van der Waals surface area contributed by atoms with Crippen LogP contribution in [0.25, 0.3) is 0 Å². The van der Waals surface area contributed by atoms with Crippen LogP contribution in [0.2, 0.25) is 0 Å². The highest BCUT2D eigenvalue weighted by atomic mass is 16.5. The van der Waals surface area contributed by atoms with E-state index in [-0.39, 0.29) is 23.9 Å². The van der Waals surface area contributed by atoms with Crippen molar-refractivity contribution in [1.29, 1.82) is 0 Å². The molecule has 2 atom stereocenters. The second-order valence-electron chi connectivity index (χ2n) is 8.48. The van der Waals surface area contributed by atoms with Gasteiger partial charge in [0.15, 0.2) is 0 Å². The van der Waals surface area contributed by atoms with Gasteiger partial charge in [-0.25, -0.2) is 4.79 Å². The monoisotopic (exact) mass is 344 g/mol. The number of aryl methyl sites for hydroxylation is 1. The van der Waals surface area contributed by atoms with Crippen molar-refractivity contribution in [2.24, 2.45) is 11.3 Å². The molecule has 2 aliphatic rings. The molecule has 5 heteroatoms. The summed E-state index contributed by atoms with van der Waals surface area (Å²) in [7, 11) is 0. The van der Waals surface area contributed by atoms with E-state index in [1.54, 1.807) is 0 Å². The van der Waals surface area contributed by atoms with Crippen LogP contribution in [0.15, 0.2) is 24.3 Å². The van der Waals surface area contributed by atoms with Crippen LogP contribution in [0.4, 0.5) is 4.79 Å². The first-order valence-corrected chi connectivity index (χ1v) is 9.04. The minimum Gasteiger partial charge on any atom is -0.492 e. The van der Waals surface area contributed by atoms with Gasteiger partial charge in [0.05, 0.1) is 6.54 Å². The Morgan fingerprint density at radius 2 is 1.88 bits per heavy atom. The Bertz CT molecular complexity index is 668. The van der Waals surface area contributed by atoms with Crippen molar-refractivity contribution in [1.82, 2.24) is 10.2 Å². The summed E-state index contributed by atoms with van der Waals surface area (Å²) in [6.45, 7) is 9.10. The second-order valence-corrected chi connectivity index (χ2v) is 8.48. The van der Waals surface area contributed by atoms with Crippen LogP contribution in [0.1, 0.15) is 45.6 Å². The van der Waals surface area contributed by atoms with Gasteiger partial charge in [0.1, 0.15) is 17.9 Å². The Hall–Kier alpha value is -2.04. The van der Waals surface area contributed by atoms with E-state index in [0.29, 0.717) is 18.9 Å². The molecule has 1 aromatic rings. The van der Waals surface area contributed by atoms with E-state index < -0.39 is 5.54 Å². The van der Waals surface area contributed by atoms with Gasteiger partial charge in [-0.2, -0.15) is 0 Å². The van der Waals surface area contributed by atoms with E-state index in [2.05, 4.69) is 26.1 Å². The molecule has 3 rings (SSSR count). The van der Waals surface area contributed by atoms with Crippen LogP contribution in [0, 0.1) is 18.3 Å². The number of carbonyl (C=O) groups excluding carboxylic acids is 2. The lowest BCUT2D eigenvalue weighted by Crippen LogP contribution is -2.54. The molecule has 1 aliphatic heterocycles. The van der Waals surface area contributed by atoms with Crippen molar-refractivity contribution in [2.75, 3.05) is 13.2 Å². The lowest BCUT2D eigenvalue weighted by Gasteiger charge is -2.43. The Morgan fingerprint density at radius 1 is 1.20 bits per heavy atom. The molecule has 3 amide bonds. The summed E-state index contributed by atoms with van der Waals surface area (Å²) in [5.74, 6) is 1.07. The molecular formula is C20H28N2O3. The third kappa shape index (κ3) is 3.65. The average molecular weight is 344 g/mol. The first-order valence-electron chi connectivity index (χ1n) is 9.04. The van der Waals surface area contributed by atoms with E-state index in [4.69, 9.17) is 4.74 Å². The molecule has 1 aliphatic carbocycles. The van der Waals surface area contributed by atoms with Crippen LogP contribution in [-0.4, -0.2) is 35.5 Å². The predicted molar refractivity (Wildman–Crippen MR) is 96.4 cm³/mol. The van der Waals surface area contributed by atoms with E-state index in [0.717, 1.165) is 24.2 Å². The second kappa shape index (κ2) is 6.36. The number of nitrogens with one attached hydrogen (secondary N) is 1. The molecule has 0 aromatic heterocycles. The standard InChI is InChI=1S/C20H28N2O3/c1-14-5-7-16(8-6-14)25-10-9-22-17(23)20(21-18(22)24)12-15(2)11-19(3,4)13-20/h5-8,15H,9-13H2,1-4H3,(H,21,24). The van der Waals surface area contributed by atoms with E-state index in [9.17, 15) is 9.59 Å². The number of hydrogen-bond acceptors (Lipinski definition) is 3. The largest absolute Gasteiger partial charge is 0.492 e. The molecule has 25 heavy (non-hydrogen) atoms. The molecule has 0 bridgehead atoms. The molecule has 1 N–H and O–H groups in total. The number of amides is 3. The number of imide groups is 1. The number of hydrogen-bond donors (Lipinski definition) is 1. The summed E-state index contributed by atoms with van der Waals surface area (Å²) in [4.78, 5) is 26.7. The van der Waals surface area contributed by atoms with Gasteiger partial charge in [-0.3, -0.25) is 9.69 Å². The van der Waals surface area contributed by atoms with Crippen LogP contribution >= 0.6 is 0 Å². The smallest absolute Gasteiger partial charge is 0.325 e. The maximum atomic E-state index is 13.0. The first-order chi connectivity index (χ1) is 11.7. The van der Waals surface area contributed by atoms with Gasteiger partial charge in [-0.1, -0.05) is 38.5 Å². The van der Waals surface area contributed by atoms with Gasteiger partial charge in [0, 0.05) is 0 Å². The molecule has 2 fully saturated rings. The Kier molecular flexibility index (Phi) is 4.52. The highest BCUT2D eigenvalue weighted by Crippen LogP contribution is 2.46. The van der Waals surface area contributed by atoms with Crippen LogP contribution < -0.4 is 10.1 Å². The average Bonchev–Trinajstić information content (AvgIpc) is 2.70. The number of carbonyl (C=O) groups is 2. The highest BCUT2D eigenvalue weighted by molar-refractivity contribution is 6.07. The summed E-state index contributed by atoms with van der Waals surface area (Å²) in [5.41, 5.74) is 0.481. The maximum Gasteiger partial charge on any atom is 0.325 e. The lowest BCUT2D eigenvalue weighted by atomic mass is 9.64. The molecule has 1 saturated carbocycles. The van der Waals surface area contributed by atoms with Crippen molar-refractivity contribution in [3.8, 4) is 5.75 Å². The predicted octanol–water partition coefficient (Wildman–Crippen LogP) is 3.51. The quantitative estimate of drug-likeness (QED) is 0.850. The van der Waals surface area contributed by atoms with E-state index in [1.165, 1.54) is 4.90 Å². The summed E-state index contributed by atoms with van der Waals surface area (Å²) < 4.78 is 5.68. The molecule has 1 saturated heterocycles. The zero-order chi connectivity index (χ0) is 18.2. The molecule has 2 unspecified atom stereocenters. The maximum absolute atomic E-state index is 13.0. The molecule has 1 aromatic carbocycles. The van der Waals surface area contributed by atoms with Crippen LogP contribution in [0.3, 0.4) is 0 Å². The van der Waals surface area contributed by atoms with Gasteiger partial charge >= 0.3 is 6.03 Å². The fourth-order valence-corrected chi connectivity index (χ4v) is 4.60. The van der Waals surface area contributed by atoms with Crippen molar-refractivity contribution in [3.63, 3.8) is 0 Å². The third-order valence-electron chi connectivity index (χ3n) is 5.23. The van der Waals surface area contributed by atoms with E-state index >= 15 is 0 Å². The number of rotatable bonds is 4. The van der Waals surface area contributed by atoms with Crippen molar-refractivity contribution < 1.29 is 14.3 Å². The molecule has 136 valence electrons. The highest BCUT2D eigenvalue weighted by Gasteiger charge is 2.55. The lowest BCUT2D eigenvalue weighted by molar-refractivity contribution is -0.135. The minimum absolute atomic E-state index is 0.0506. The van der Waals surface area contributed by atoms with Crippen molar-refractivity contribution >= 4 is 11.9 Å². The first kappa shape index (κ1) is 17.8. The zero-order valence-electron chi connectivity index (χ0n) is 15.6. The summed E-state index contributed by atoms with van der Waals surface area (Å²) >= 11 is 0. The van der Waals surface area contributed by atoms with Crippen molar-refractivity contribution in [3.05, 3.63) is 29.8 Å².